The van der Waals surface area contributed by atoms with Gasteiger partial charge in [0.25, 0.3) is 0 Å². The van der Waals surface area contributed by atoms with Crippen molar-refractivity contribution in [3.8, 4) is 5.75 Å². The zero-order chi connectivity index (χ0) is 13.7. The van der Waals surface area contributed by atoms with Gasteiger partial charge in [-0.05, 0) is 17.2 Å². The number of hydrogen-bond donors (Lipinski definition) is 2. The molecule has 4 heteroatoms. The van der Waals surface area contributed by atoms with Gasteiger partial charge in [0.05, 0.1) is 0 Å². The summed E-state index contributed by atoms with van der Waals surface area (Å²) in [5.74, 6) is -0.847. The summed E-state index contributed by atoms with van der Waals surface area (Å²) >= 11 is 0. The second-order valence-corrected chi connectivity index (χ2v) is 4.04. The van der Waals surface area contributed by atoms with E-state index in [4.69, 9.17) is 5.11 Å². The van der Waals surface area contributed by atoms with Crippen LogP contribution in [0.2, 0.25) is 0 Å². The van der Waals surface area contributed by atoms with Crippen LogP contribution in [0, 0.1) is 0 Å². The van der Waals surface area contributed by atoms with Crippen molar-refractivity contribution >= 4 is 5.97 Å². The van der Waals surface area contributed by atoms with Crippen LogP contribution in [0.25, 0.3) is 0 Å². The van der Waals surface area contributed by atoms with Gasteiger partial charge in [0, 0.05) is 6.42 Å². The maximum atomic E-state index is 11.5. The number of hydrogen-bond acceptors (Lipinski definition) is 4. The fourth-order valence-electron chi connectivity index (χ4n) is 1.85. The van der Waals surface area contributed by atoms with Crippen LogP contribution >= 0.6 is 0 Å². The highest BCUT2D eigenvalue weighted by Gasteiger charge is 2.15. The maximum absolute atomic E-state index is 11.5. The van der Waals surface area contributed by atoms with Gasteiger partial charge in [0.2, 0.25) is 0 Å². The summed E-state index contributed by atoms with van der Waals surface area (Å²) in [6.07, 6.45) is 0.521. The summed E-state index contributed by atoms with van der Waals surface area (Å²) in [6.45, 7) is -0.707. The first-order valence-corrected chi connectivity index (χ1v) is 5.85. The number of aromatic hydroxyl groups is 1. The number of carbonyl (C=O) groups excluding carboxylic acids is 1. The first-order valence-electron chi connectivity index (χ1n) is 5.85. The molecule has 0 fully saturated rings. The van der Waals surface area contributed by atoms with Crippen molar-refractivity contribution in [2.75, 3.05) is 6.79 Å². The number of ether oxygens (including phenoxy) is 1. The molecule has 0 bridgehead atoms. The van der Waals surface area contributed by atoms with E-state index < -0.39 is 12.8 Å². The number of carbonyl (C=O) groups is 1. The van der Waals surface area contributed by atoms with Gasteiger partial charge in [-0.25, -0.2) is 4.79 Å². The summed E-state index contributed by atoms with van der Waals surface area (Å²) in [5, 5.41) is 18.6. The molecular weight excluding hydrogens is 244 g/mol. The van der Waals surface area contributed by atoms with Crippen LogP contribution in [-0.2, 0) is 11.2 Å². The molecule has 2 rings (SSSR count). The smallest absolute Gasteiger partial charge is 0.344 e. The molecule has 2 aromatic rings. The molecule has 0 unspecified atom stereocenters. The fraction of sp³-hybridized carbons (Fsp3) is 0.133. The molecule has 0 aliphatic heterocycles. The molecule has 0 aliphatic carbocycles. The van der Waals surface area contributed by atoms with Crippen molar-refractivity contribution in [3.05, 3.63) is 65.2 Å². The van der Waals surface area contributed by atoms with Crippen molar-refractivity contribution in [2.24, 2.45) is 0 Å². The molecule has 0 amide bonds. The number of phenols is 1. The Morgan fingerprint density at radius 2 is 1.79 bits per heavy atom. The van der Waals surface area contributed by atoms with Crippen molar-refractivity contribution < 1.29 is 19.7 Å². The molecule has 98 valence electrons. The monoisotopic (exact) mass is 258 g/mol. The van der Waals surface area contributed by atoms with Crippen LogP contribution in [0.4, 0.5) is 0 Å². The predicted octanol–water partition coefficient (Wildman–Crippen LogP) is 2.09. The minimum absolute atomic E-state index is 0.0579. The Morgan fingerprint density at radius 3 is 2.47 bits per heavy atom. The molecule has 2 N–H and O–H groups in total. The minimum Gasteiger partial charge on any atom is -0.507 e. The number of benzene rings is 2. The van der Waals surface area contributed by atoms with Gasteiger partial charge in [-0.2, -0.15) is 0 Å². The zero-order valence-corrected chi connectivity index (χ0v) is 10.2. The van der Waals surface area contributed by atoms with E-state index in [1.165, 1.54) is 6.07 Å². The lowest BCUT2D eigenvalue weighted by Crippen LogP contribution is -2.07. The van der Waals surface area contributed by atoms with Crippen molar-refractivity contribution in [1.29, 1.82) is 0 Å². The summed E-state index contributed by atoms with van der Waals surface area (Å²) < 4.78 is 4.47. The van der Waals surface area contributed by atoms with E-state index in [1.54, 1.807) is 12.1 Å². The number of para-hydroxylation sites is 1. The summed E-state index contributed by atoms with van der Waals surface area (Å²) in [6, 6.07) is 14.5. The van der Waals surface area contributed by atoms with E-state index in [9.17, 15) is 9.90 Å². The lowest BCUT2D eigenvalue weighted by Gasteiger charge is -2.09. The van der Waals surface area contributed by atoms with E-state index in [0.29, 0.717) is 12.0 Å². The minimum atomic E-state index is -0.741. The van der Waals surface area contributed by atoms with Crippen LogP contribution in [-0.4, -0.2) is 23.0 Å². The lowest BCUT2D eigenvalue weighted by atomic mass is 10.0. The highest BCUT2D eigenvalue weighted by Crippen LogP contribution is 2.25. The summed E-state index contributed by atoms with van der Waals surface area (Å²) in [5.41, 5.74) is 1.73. The number of esters is 1. The summed E-state index contributed by atoms with van der Waals surface area (Å²) in [4.78, 5) is 11.5. The van der Waals surface area contributed by atoms with Gasteiger partial charge in [-0.15, -0.1) is 0 Å². The molecule has 0 aromatic heterocycles. The maximum Gasteiger partial charge on any atom is 0.344 e. The Balaban J connectivity index is 2.27. The normalized spacial score (nSPS) is 10.2. The third-order valence-electron chi connectivity index (χ3n) is 2.77. The fourth-order valence-corrected chi connectivity index (χ4v) is 1.85. The predicted molar refractivity (Wildman–Crippen MR) is 69.9 cm³/mol. The van der Waals surface area contributed by atoms with Gasteiger partial charge in [-0.3, -0.25) is 0 Å². The van der Waals surface area contributed by atoms with Gasteiger partial charge in [-0.1, -0.05) is 42.5 Å². The first-order chi connectivity index (χ1) is 9.22. The Morgan fingerprint density at radius 1 is 1.05 bits per heavy atom. The average Bonchev–Trinajstić information content (AvgIpc) is 2.42. The van der Waals surface area contributed by atoms with Crippen LogP contribution < -0.4 is 0 Å². The Kier molecular flexibility index (Phi) is 4.15. The molecule has 0 aliphatic rings. The zero-order valence-electron chi connectivity index (χ0n) is 10.2. The number of aliphatic hydroxyl groups excluding tert-OH is 1. The van der Waals surface area contributed by atoms with E-state index >= 15 is 0 Å². The number of rotatable bonds is 4. The Labute approximate surface area is 110 Å². The van der Waals surface area contributed by atoms with Gasteiger partial charge in [0.1, 0.15) is 11.3 Å². The molecule has 0 saturated carbocycles. The molecule has 2 aromatic carbocycles. The average molecular weight is 258 g/mol. The van der Waals surface area contributed by atoms with Crippen molar-refractivity contribution in [2.45, 2.75) is 6.42 Å². The van der Waals surface area contributed by atoms with Crippen molar-refractivity contribution in [1.82, 2.24) is 0 Å². The second-order valence-electron chi connectivity index (χ2n) is 4.04. The van der Waals surface area contributed by atoms with Gasteiger partial charge in [0.15, 0.2) is 6.79 Å². The second kappa shape index (κ2) is 6.02. The first kappa shape index (κ1) is 13.1. The SMILES string of the molecule is O=C(OCO)c1cccc(Cc2ccccc2)c1O. The van der Waals surface area contributed by atoms with Crippen molar-refractivity contribution in [3.63, 3.8) is 0 Å². The van der Waals surface area contributed by atoms with Crippen LogP contribution in [0.3, 0.4) is 0 Å². The van der Waals surface area contributed by atoms with E-state index in [0.717, 1.165) is 5.56 Å². The van der Waals surface area contributed by atoms with Crippen LogP contribution in [0.15, 0.2) is 48.5 Å². The Bertz CT molecular complexity index is 564. The quantitative estimate of drug-likeness (QED) is 0.651. The third-order valence-corrected chi connectivity index (χ3v) is 2.77. The number of phenolic OH excluding ortho intramolecular Hbond substituents is 1. The molecule has 0 saturated heterocycles. The highest BCUT2D eigenvalue weighted by molar-refractivity contribution is 5.92. The van der Waals surface area contributed by atoms with E-state index in [2.05, 4.69) is 4.74 Å². The molecule has 19 heavy (non-hydrogen) atoms. The topological polar surface area (TPSA) is 66.8 Å². The number of aliphatic hydroxyl groups is 1. The highest BCUT2D eigenvalue weighted by atomic mass is 16.6. The van der Waals surface area contributed by atoms with E-state index in [1.807, 2.05) is 30.3 Å². The van der Waals surface area contributed by atoms with Crippen LogP contribution in [0.5, 0.6) is 5.75 Å². The van der Waals surface area contributed by atoms with Gasteiger partial charge >= 0.3 is 5.97 Å². The molecule has 0 radical (unpaired) electrons. The van der Waals surface area contributed by atoms with Crippen LogP contribution in [0.1, 0.15) is 21.5 Å². The molecular formula is C15H14O4. The third kappa shape index (κ3) is 3.11. The largest absolute Gasteiger partial charge is 0.507 e. The van der Waals surface area contributed by atoms with Gasteiger partial charge < -0.3 is 14.9 Å². The Hall–Kier alpha value is -2.33. The lowest BCUT2D eigenvalue weighted by molar-refractivity contribution is 0.00658. The standard InChI is InChI=1S/C15H14O4/c16-10-19-15(18)13-8-4-7-12(14(13)17)9-11-5-2-1-3-6-11/h1-8,16-17H,9-10H2. The van der Waals surface area contributed by atoms with E-state index in [-0.39, 0.29) is 11.3 Å². The molecule has 0 spiro atoms. The molecule has 4 nitrogen and oxygen atoms in total. The summed E-state index contributed by atoms with van der Waals surface area (Å²) in [7, 11) is 0. The molecule has 0 atom stereocenters. The molecule has 0 heterocycles.